The van der Waals surface area contributed by atoms with E-state index in [9.17, 15) is 10.1 Å². The Labute approximate surface area is 191 Å². The zero-order chi connectivity index (χ0) is 23.3. The number of carbonyl (C=O) groups excluding carboxylic acids is 1. The van der Waals surface area contributed by atoms with Gasteiger partial charge < -0.3 is 14.4 Å². The maximum atomic E-state index is 11.9. The maximum Gasteiger partial charge on any atom is 0.411 e. The first-order chi connectivity index (χ1) is 15.5. The van der Waals surface area contributed by atoms with Gasteiger partial charge in [0, 0.05) is 36.6 Å². The van der Waals surface area contributed by atoms with Crippen LogP contribution in [0.4, 0.5) is 10.5 Å². The van der Waals surface area contributed by atoms with Crippen molar-refractivity contribution in [3.63, 3.8) is 0 Å². The van der Waals surface area contributed by atoms with Crippen LogP contribution in [0.1, 0.15) is 45.1 Å². The summed E-state index contributed by atoms with van der Waals surface area (Å²) in [6, 6.07) is 8.11. The number of alkyl carbamates (subject to hydrolysis) is 1. The Kier molecular flexibility index (Phi) is 10.1. The summed E-state index contributed by atoms with van der Waals surface area (Å²) in [5.74, 6) is 0.755. The lowest BCUT2D eigenvalue weighted by molar-refractivity contribution is 0.147. The first-order valence-corrected chi connectivity index (χ1v) is 11.0. The minimum atomic E-state index is -0.451. The van der Waals surface area contributed by atoms with Gasteiger partial charge in [0.1, 0.15) is 5.75 Å². The number of methoxy groups -OCH3 is 1. The first-order valence-electron chi connectivity index (χ1n) is 11.0. The van der Waals surface area contributed by atoms with Gasteiger partial charge in [-0.15, -0.1) is 0 Å². The third-order valence-electron chi connectivity index (χ3n) is 5.04. The number of unbranched alkanes of at least 4 members (excludes halogenated alkanes) is 1. The van der Waals surface area contributed by atoms with Gasteiger partial charge in [-0.2, -0.15) is 5.26 Å². The summed E-state index contributed by atoms with van der Waals surface area (Å²) in [6.45, 7) is 5.45. The van der Waals surface area contributed by atoms with Gasteiger partial charge in [0.15, 0.2) is 0 Å². The summed E-state index contributed by atoms with van der Waals surface area (Å²) in [6.07, 6.45) is 12.4. The molecule has 2 rings (SSSR count). The van der Waals surface area contributed by atoms with Crippen LogP contribution >= 0.6 is 0 Å². The Morgan fingerprint density at radius 1 is 1.31 bits per heavy atom. The van der Waals surface area contributed by atoms with Gasteiger partial charge in [-0.1, -0.05) is 38.5 Å². The molecule has 1 aromatic rings. The van der Waals surface area contributed by atoms with Crippen molar-refractivity contribution in [1.82, 2.24) is 5.32 Å². The third kappa shape index (κ3) is 7.35. The van der Waals surface area contributed by atoms with E-state index >= 15 is 0 Å². The number of hydrogen-bond donors (Lipinski definition) is 1. The second kappa shape index (κ2) is 13.1. The van der Waals surface area contributed by atoms with E-state index in [0.29, 0.717) is 24.3 Å². The molecule has 0 heterocycles. The lowest BCUT2D eigenvalue weighted by Gasteiger charge is -2.22. The lowest BCUT2D eigenvalue weighted by Crippen LogP contribution is -2.23. The molecule has 0 radical (unpaired) electrons. The van der Waals surface area contributed by atoms with Crippen LogP contribution in [-0.4, -0.2) is 33.4 Å². The molecule has 1 amide bonds. The predicted molar refractivity (Wildman–Crippen MR) is 129 cm³/mol. The fourth-order valence-corrected chi connectivity index (χ4v) is 3.30. The van der Waals surface area contributed by atoms with E-state index in [1.807, 2.05) is 62.6 Å². The molecule has 0 saturated heterocycles. The third-order valence-corrected chi connectivity index (χ3v) is 5.04. The quantitative estimate of drug-likeness (QED) is 0.374. The van der Waals surface area contributed by atoms with Gasteiger partial charge in [-0.05, 0) is 49.1 Å². The highest BCUT2D eigenvalue weighted by Crippen LogP contribution is 2.32. The topological polar surface area (TPSA) is 74.6 Å². The summed E-state index contributed by atoms with van der Waals surface area (Å²) in [5.41, 5.74) is 4.04. The summed E-state index contributed by atoms with van der Waals surface area (Å²) in [7, 11) is 3.66. The molecule has 0 spiro atoms. The molecule has 0 aromatic heterocycles. The highest BCUT2D eigenvalue weighted by Gasteiger charge is 2.14. The molecule has 1 aliphatic carbocycles. The molecule has 1 aliphatic rings. The zero-order valence-electron chi connectivity index (χ0n) is 19.5. The molecule has 0 atom stereocenters. The highest BCUT2D eigenvalue weighted by molar-refractivity contribution is 5.86. The molecule has 0 bridgehead atoms. The van der Waals surface area contributed by atoms with Crippen molar-refractivity contribution in [2.45, 2.75) is 39.5 Å². The Morgan fingerprint density at radius 3 is 2.81 bits per heavy atom. The predicted octanol–water partition coefficient (Wildman–Crippen LogP) is 5.74. The standard InChI is InChI=1S/C26H33N3O3/c1-5-7-16-32-26(30)28-22-10-8-9-20(11-12-22)17-21(19-27)24-14-13-23(31-4)18-25(24)29(3)15-6-2/h8-10,12-14,17-18H,5-7,11,15-16H2,1-4H3,(H,28,30)/b21-17+. The van der Waals surface area contributed by atoms with Crippen LogP contribution in [0, 0.1) is 11.3 Å². The fourth-order valence-electron chi connectivity index (χ4n) is 3.30. The van der Waals surface area contributed by atoms with Crippen molar-refractivity contribution >= 4 is 17.4 Å². The lowest BCUT2D eigenvalue weighted by atomic mass is 9.99. The Bertz CT molecular complexity index is 952. The number of benzene rings is 1. The number of ether oxygens (including phenoxy) is 2. The van der Waals surface area contributed by atoms with E-state index in [-0.39, 0.29) is 0 Å². The van der Waals surface area contributed by atoms with Gasteiger partial charge in [0.25, 0.3) is 0 Å². The van der Waals surface area contributed by atoms with Crippen LogP contribution < -0.4 is 15.0 Å². The van der Waals surface area contributed by atoms with Crippen molar-refractivity contribution in [1.29, 1.82) is 5.26 Å². The monoisotopic (exact) mass is 435 g/mol. The van der Waals surface area contributed by atoms with Crippen LogP contribution in [0.2, 0.25) is 0 Å². The smallest absolute Gasteiger partial charge is 0.411 e. The van der Waals surface area contributed by atoms with Crippen molar-refractivity contribution < 1.29 is 14.3 Å². The Hall–Kier alpha value is -3.46. The molecule has 0 aliphatic heterocycles. The molecule has 6 heteroatoms. The minimum Gasteiger partial charge on any atom is -0.497 e. The largest absolute Gasteiger partial charge is 0.497 e. The second-order valence-electron chi connectivity index (χ2n) is 7.55. The minimum absolute atomic E-state index is 0.410. The van der Waals surface area contributed by atoms with Gasteiger partial charge in [-0.3, -0.25) is 5.32 Å². The number of rotatable bonds is 10. The number of anilines is 1. The van der Waals surface area contributed by atoms with E-state index in [1.165, 1.54) is 0 Å². The van der Waals surface area contributed by atoms with Gasteiger partial charge in [-0.25, -0.2) is 4.79 Å². The van der Waals surface area contributed by atoms with Crippen molar-refractivity contribution in [2.24, 2.45) is 0 Å². The molecule has 0 fully saturated rings. The Balaban J connectivity index is 2.21. The SMILES string of the molecule is CCCCOC(=O)NC1=CCC(/C=C(\C#N)c2ccc(OC)cc2N(C)CCC)=CC=C1. The van der Waals surface area contributed by atoms with Crippen molar-refractivity contribution in [3.8, 4) is 11.8 Å². The number of amides is 1. The number of hydrogen-bond acceptors (Lipinski definition) is 5. The van der Waals surface area contributed by atoms with Crippen molar-refractivity contribution in [3.05, 3.63) is 65.4 Å². The molecule has 170 valence electrons. The normalized spacial score (nSPS) is 13.4. The highest BCUT2D eigenvalue weighted by atomic mass is 16.5. The van der Waals surface area contributed by atoms with E-state index in [4.69, 9.17) is 9.47 Å². The van der Waals surface area contributed by atoms with Gasteiger partial charge >= 0.3 is 6.09 Å². The van der Waals surface area contributed by atoms with E-state index in [1.54, 1.807) is 7.11 Å². The average molecular weight is 436 g/mol. The molecule has 1 aromatic carbocycles. The van der Waals surface area contributed by atoms with Crippen LogP contribution in [-0.2, 0) is 4.74 Å². The molecule has 0 unspecified atom stereocenters. The summed E-state index contributed by atoms with van der Waals surface area (Å²) in [4.78, 5) is 14.0. The summed E-state index contributed by atoms with van der Waals surface area (Å²) in [5, 5.41) is 12.7. The fraction of sp³-hybridized carbons (Fsp3) is 0.385. The zero-order valence-corrected chi connectivity index (χ0v) is 19.5. The molecule has 0 saturated carbocycles. The summed E-state index contributed by atoms with van der Waals surface area (Å²) < 4.78 is 10.5. The number of nitrogens with zero attached hydrogens (tertiary/aromatic N) is 2. The average Bonchev–Trinajstić information content (AvgIpc) is 3.02. The van der Waals surface area contributed by atoms with E-state index in [2.05, 4.69) is 23.2 Å². The van der Waals surface area contributed by atoms with Crippen molar-refractivity contribution in [2.75, 3.05) is 32.2 Å². The maximum absolute atomic E-state index is 11.9. The molecular formula is C26H33N3O3. The van der Waals surface area contributed by atoms with Gasteiger partial charge in [0.2, 0.25) is 0 Å². The number of nitriles is 1. The van der Waals surface area contributed by atoms with Gasteiger partial charge in [0.05, 0.1) is 25.4 Å². The summed E-state index contributed by atoms with van der Waals surface area (Å²) >= 11 is 0. The number of nitrogens with one attached hydrogen (secondary N) is 1. The molecule has 6 nitrogen and oxygen atoms in total. The second-order valence-corrected chi connectivity index (χ2v) is 7.55. The van der Waals surface area contributed by atoms with Crippen LogP contribution in [0.25, 0.3) is 5.57 Å². The molecule has 32 heavy (non-hydrogen) atoms. The Morgan fingerprint density at radius 2 is 2.12 bits per heavy atom. The van der Waals surface area contributed by atoms with E-state index in [0.717, 1.165) is 48.4 Å². The number of carbonyl (C=O) groups is 1. The van der Waals surface area contributed by atoms with Crippen LogP contribution in [0.5, 0.6) is 5.75 Å². The molecular weight excluding hydrogens is 402 g/mol. The molecule has 1 N–H and O–H groups in total. The first kappa shape index (κ1) is 24.8. The van der Waals surface area contributed by atoms with Crippen LogP contribution in [0.15, 0.2) is 59.8 Å². The van der Waals surface area contributed by atoms with E-state index < -0.39 is 6.09 Å². The number of allylic oxidation sites excluding steroid dienone is 7. The van der Waals surface area contributed by atoms with Crippen LogP contribution in [0.3, 0.4) is 0 Å².